The number of ether oxygens (including phenoxy) is 1. The fourth-order valence-electron chi connectivity index (χ4n) is 3.11. The van der Waals surface area contributed by atoms with Gasteiger partial charge in [0.1, 0.15) is 11.6 Å². The van der Waals surface area contributed by atoms with Gasteiger partial charge in [0, 0.05) is 43.3 Å². The van der Waals surface area contributed by atoms with Crippen LogP contribution in [0.15, 0.2) is 51.8 Å². The number of aryl methyl sites for hydroxylation is 1. The molecule has 0 radical (unpaired) electrons. The maximum absolute atomic E-state index is 12.3. The molecule has 0 saturated heterocycles. The number of fused-ring (bicyclic) bond motifs is 1. The number of carbonyl (C=O) groups excluding carboxylic acids is 1. The molecule has 1 amide bonds. The Kier molecular flexibility index (Phi) is 5.50. The van der Waals surface area contributed by atoms with Crippen molar-refractivity contribution in [1.29, 1.82) is 0 Å². The molecule has 0 aliphatic rings. The predicted octanol–water partition coefficient (Wildman–Crippen LogP) is 3.42. The fourth-order valence-corrected chi connectivity index (χ4v) is 3.11. The molecule has 0 bridgehead atoms. The number of nitrogens with zero attached hydrogens (tertiary/aromatic N) is 3. The summed E-state index contributed by atoms with van der Waals surface area (Å²) in [7, 11) is 4.88. The highest BCUT2D eigenvalue weighted by Gasteiger charge is 2.15. The lowest BCUT2D eigenvalue weighted by Crippen LogP contribution is -2.22. The van der Waals surface area contributed by atoms with E-state index in [1.165, 1.54) is 12.0 Å². The third-order valence-electron chi connectivity index (χ3n) is 4.75. The van der Waals surface area contributed by atoms with Crippen LogP contribution in [0.5, 0.6) is 5.75 Å². The highest BCUT2D eigenvalue weighted by molar-refractivity contribution is 5.97. The van der Waals surface area contributed by atoms with Crippen molar-refractivity contribution in [2.24, 2.45) is 0 Å². The minimum atomic E-state index is -0.504. The van der Waals surface area contributed by atoms with Gasteiger partial charge in [0.05, 0.1) is 18.2 Å². The van der Waals surface area contributed by atoms with Gasteiger partial charge < -0.3 is 24.7 Å². The molecule has 0 unspecified atom stereocenters. The number of hydrogen-bond acceptors (Lipinski definition) is 8. The third kappa shape index (κ3) is 4.24. The van der Waals surface area contributed by atoms with Crippen LogP contribution in [0.3, 0.4) is 0 Å². The second kappa shape index (κ2) is 8.42. The van der Waals surface area contributed by atoms with E-state index >= 15 is 0 Å². The molecule has 3 N–H and O–H groups in total. The minimum Gasteiger partial charge on any atom is -0.496 e. The van der Waals surface area contributed by atoms with Crippen LogP contribution in [0.1, 0.15) is 15.9 Å². The van der Waals surface area contributed by atoms with Crippen molar-refractivity contribution in [3.05, 3.63) is 64.3 Å². The van der Waals surface area contributed by atoms with Gasteiger partial charge in [-0.1, -0.05) is 0 Å². The Morgan fingerprint density at radius 1 is 1.12 bits per heavy atom. The van der Waals surface area contributed by atoms with E-state index in [2.05, 4.69) is 25.6 Å². The molecular weight excluding hydrogens is 412 g/mol. The number of amides is 1. The van der Waals surface area contributed by atoms with Crippen LogP contribution >= 0.6 is 0 Å². The molecule has 2 aromatic carbocycles. The van der Waals surface area contributed by atoms with E-state index in [0.29, 0.717) is 39.9 Å². The summed E-state index contributed by atoms with van der Waals surface area (Å²) in [6, 6.07) is 10.4. The molecule has 4 aromatic rings. The van der Waals surface area contributed by atoms with E-state index in [4.69, 9.17) is 9.15 Å². The lowest BCUT2D eigenvalue weighted by atomic mass is 10.1. The lowest BCUT2D eigenvalue weighted by Gasteiger charge is -2.15. The van der Waals surface area contributed by atoms with Crippen LogP contribution in [-0.2, 0) is 0 Å². The van der Waals surface area contributed by atoms with Crippen molar-refractivity contribution in [3.8, 4) is 5.75 Å². The summed E-state index contributed by atoms with van der Waals surface area (Å²) in [5, 5.41) is 6.36. The van der Waals surface area contributed by atoms with E-state index in [1.54, 1.807) is 56.7 Å². The third-order valence-corrected chi connectivity index (χ3v) is 4.75. The van der Waals surface area contributed by atoms with Crippen molar-refractivity contribution in [3.63, 3.8) is 0 Å². The standard InChI is InChI=1S/C22H22N6O4/c1-12-11-23-21(25-14-5-7-15(18(10-14)31-4)20(29)28(2)3)27-19(12)24-13-6-8-17-16(9-13)26-22(30)32-17/h5-11H,1-4H3,(H,26,30)(H2,23,24,25,27). The minimum absolute atomic E-state index is 0.151. The number of rotatable bonds is 6. The molecule has 0 fully saturated rings. The van der Waals surface area contributed by atoms with E-state index in [-0.39, 0.29) is 5.91 Å². The number of aromatic nitrogens is 3. The van der Waals surface area contributed by atoms with Crippen LogP contribution in [0.25, 0.3) is 11.1 Å². The maximum Gasteiger partial charge on any atom is 0.417 e. The van der Waals surface area contributed by atoms with Gasteiger partial charge in [0.15, 0.2) is 5.58 Å². The van der Waals surface area contributed by atoms with Gasteiger partial charge in [-0.2, -0.15) is 4.98 Å². The average molecular weight is 434 g/mol. The largest absolute Gasteiger partial charge is 0.496 e. The molecule has 0 aliphatic heterocycles. The van der Waals surface area contributed by atoms with Gasteiger partial charge >= 0.3 is 5.76 Å². The summed E-state index contributed by atoms with van der Waals surface area (Å²) in [6.45, 7) is 1.88. The normalized spacial score (nSPS) is 10.8. The summed E-state index contributed by atoms with van der Waals surface area (Å²) >= 11 is 0. The number of oxazole rings is 1. The Balaban J connectivity index is 1.58. The molecule has 32 heavy (non-hydrogen) atoms. The van der Waals surface area contributed by atoms with Gasteiger partial charge in [0.25, 0.3) is 5.91 Å². The fraction of sp³-hybridized carbons (Fsp3) is 0.182. The lowest BCUT2D eigenvalue weighted by molar-refractivity contribution is 0.0824. The molecule has 2 heterocycles. The first kappa shape index (κ1) is 20.9. The zero-order valence-electron chi connectivity index (χ0n) is 18.0. The zero-order chi connectivity index (χ0) is 22.8. The molecule has 0 saturated carbocycles. The number of aromatic amines is 1. The number of H-pyrrole nitrogens is 1. The summed E-state index contributed by atoms with van der Waals surface area (Å²) in [4.78, 5) is 36.7. The highest BCUT2D eigenvalue weighted by Crippen LogP contribution is 2.27. The first-order valence-corrected chi connectivity index (χ1v) is 9.74. The van der Waals surface area contributed by atoms with Crippen molar-refractivity contribution < 1.29 is 13.9 Å². The molecule has 164 valence electrons. The topological polar surface area (TPSA) is 125 Å². The molecule has 0 atom stereocenters. The summed E-state index contributed by atoms with van der Waals surface area (Å²) in [6.07, 6.45) is 1.69. The first-order valence-electron chi connectivity index (χ1n) is 9.74. The van der Waals surface area contributed by atoms with Crippen molar-refractivity contribution in [2.75, 3.05) is 31.8 Å². The van der Waals surface area contributed by atoms with Gasteiger partial charge in [-0.05, 0) is 37.3 Å². The average Bonchev–Trinajstić information content (AvgIpc) is 3.14. The quantitative estimate of drug-likeness (QED) is 0.422. The monoisotopic (exact) mass is 434 g/mol. The van der Waals surface area contributed by atoms with E-state index in [1.807, 2.05) is 6.92 Å². The second-order valence-corrected chi connectivity index (χ2v) is 7.32. The van der Waals surface area contributed by atoms with Crippen molar-refractivity contribution in [1.82, 2.24) is 19.9 Å². The molecule has 0 spiro atoms. The van der Waals surface area contributed by atoms with E-state index in [0.717, 1.165) is 11.3 Å². The Labute approximate surface area is 183 Å². The van der Waals surface area contributed by atoms with Crippen LogP contribution in [0, 0.1) is 6.92 Å². The summed E-state index contributed by atoms with van der Waals surface area (Å²) in [5.41, 5.74) is 3.76. The number of anilines is 4. The Hall–Kier alpha value is -4.34. The molecule has 10 nitrogen and oxygen atoms in total. The maximum atomic E-state index is 12.3. The molecule has 0 aliphatic carbocycles. The predicted molar refractivity (Wildman–Crippen MR) is 121 cm³/mol. The van der Waals surface area contributed by atoms with Crippen LogP contribution in [0.4, 0.5) is 23.1 Å². The molecule has 10 heteroatoms. The molecular formula is C22H22N6O4. The summed E-state index contributed by atoms with van der Waals surface area (Å²) < 4.78 is 10.4. The van der Waals surface area contributed by atoms with E-state index < -0.39 is 5.76 Å². The van der Waals surface area contributed by atoms with Crippen molar-refractivity contribution >= 4 is 40.1 Å². The van der Waals surface area contributed by atoms with Gasteiger partial charge in [0.2, 0.25) is 5.95 Å². The number of carbonyl (C=O) groups is 1. The molecule has 4 rings (SSSR count). The molecule has 2 aromatic heterocycles. The van der Waals surface area contributed by atoms with Gasteiger partial charge in [-0.25, -0.2) is 9.78 Å². The SMILES string of the molecule is COc1cc(Nc2ncc(C)c(Nc3ccc4oc(=O)[nH]c4c3)n2)ccc1C(=O)N(C)C. The van der Waals surface area contributed by atoms with Gasteiger partial charge in [-0.15, -0.1) is 0 Å². The number of methoxy groups -OCH3 is 1. The van der Waals surface area contributed by atoms with Crippen LogP contribution < -0.4 is 21.1 Å². The Morgan fingerprint density at radius 2 is 1.88 bits per heavy atom. The van der Waals surface area contributed by atoms with Crippen LogP contribution in [0.2, 0.25) is 0 Å². The number of benzene rings is 2. The summed E-state index contributed by atoms with van der Waals surface area (Å²) in [5.74, 6) is 0.753. The highest BCUT2D eigenvalue weighted by atomic mass is 16.5. The number of nitrogens with one attached hydrogen (secondary N) is 3. The van der Waals surface area contributed by atoms with Gasteiger partial charge in [-0.3, -0.25) is 9.78 Å². The first-order chi connectivity index (χ1) is 15.3. The smallest absolute Gasteiger partial charge is 0.417 e. The Bertz CT molecular complexity index is 1360. The zero-order valence-corrected chi connectivity index (χ0v) is 18.0. The second-order valence-electron chi connectivity index (χ2n) is 7.32. The van der Waals surface area contributed by atoms with E-state index in [9.17, 15) is 9.59 Å². The Morgan fingerprint density at radius 3 is 2.62 bits per heavy atom. The number of hydrogen-bond donors (Lipinski definition) is 3. The van der Waals surface area contributed by atoms with Crippen molar-refractivity contribution in [2.45, 2.75) is 6.92 Å². The van der Waals surface area contributed by atoms with Crippen LogP contribution in [-0.4, -0.2) is 47.0 Å².